The van der Waals surface area contributed by atoms with Gasteiger partial charge in [0.05, 0.1) is 6.61 Å². The van der Waals surface area contributed by atoms with E-state index in [4.69, 9.17) is 24.3 Å². The summed E-state index contributed by atoms with van der Waals surface area (Å²) in [6, 6.07) is 7.82. The Kier molecular flexibility index (Phi) is 9.15. The summed E-state index contributed by atoms with van der Waals surface area (Å²) in [5.74, 6) is -0.0147. The van der Waals surface area contributed by atoms with Crippen molar-refractivity contribution in [1.82, 2.24) is 4.90 Å². The molecule has 0 saturated carbocycles. The molecule has 0 fully saturated rings. The van der Waals surface area contributed by atoms with Crippen molar-refractivity contribution >= 4 is 21.3 Å². The molecule has 0 heterocycles. The van der Waals surface area contributed by atoms with Crippen LogP contribution in [0.5, 0.6) is 0 Å². The largest absolute Gasteiger partial charge is 0.449 e. The number of amides is 1. The number of benzene rings is 2. The lowest BCUT2D eigenvalue weighted by Crippen LogP contribution is -2.31. The van der Waals surface area contributed by atoms with Crippen LogP contribution >= 0.6 is 15.2 Å². The fraction of sp³-hybridized carbons (Fsp3) is 0.381. The van der Waals surface area contributed by atoms with Gasteiger partial charge in [-0.3, -0.25) is 14.0 Å². The number of hydrogen-bond acceptors (Lipinski definition) is 4. The first kappa shape index (κ1) is 30.0. The molecule has 0 bridgehead atoms. The SMILES string of the molecule is CC(C)COC(=O)N(Cc1ccc(C(F)(F)P(=O)(O)O)cc1)Cc1ccc(C(F)(F)P(=O)(O)O)cc1. The normalized spacial score (nSPS) is 13.1. The van der Waals surface area contributed by atoms with Crippen LogP contribution in [0.1, 0.15) is 36.1 Å². The minimum Gasteiger partial charge on any atom is -0.449 e. The van der Waals surface area contributed by atoms with Crippen LogP contribution in [-0.4, -0.2) is 37.2 Å². The second kappa shape index (κ2) is 11.0. The van der Waals surface area contributed by atoms with Crippen molar-refractivity contribution in [3.8, 4) is 0 Å². The van der Waals surface area contributed by atoms with Gasteiger partial charge < -0.3 is 24.3 Å². The molecule has 9 nitrogen and oxygen atoms in total. The maximum Gasteiger partial charge on any atom is 0.410 e. The molecule has 0 aliphatic rings. The first-order valence-corrected chi connectivity index (χ1v) is 13.6. The maximum absolute atomic E-state index is 13.9. The zero-order valence-electron chi connectivity index (χ0n) is 19.1. The van der Waals surface area contributed by atoms with Gasteiger partial charge in [-0.15, -0.1) is 0 Å². The Morgan fingerprint density at radius 2 is 1.14 bits per heavy atom. The van der Waals surface area contributed by atoms with Gasteiger partial charge in [0.2, 0.25) is 0 Å². The first-order valence-electron chi connectivity index (χ1n) is 10.3. The minimum atomic E-state index is -5.76. The third-order valence-corrected chi connectivity index (χ3v) is 6.86. The summed E-state index contributed by atoms with van der Waals surface area (Å²) in [4.78, 5) is 49.2. The molecule has 0 aliphatic carbocycles. The van der Waals surface area contributed by atoms with Crippen LogP contribution in [0.3, 0.4) is 0 Å². The molecule has 200 valence electrons. The summed E-state index contributed by atoms with van der Waals surface area (Å²) in [5.41, 5.74) is -10.1. The van der Waals surface area contributed by atoms with E-state index in [0.29, 0.717) is 11.1 Å². The third kappa shape index (κ3) is 7.15. The highest BCUT2D eigenvalue weighted by Gasteiger charge is 2.51. The predicted molar refractivity (Wildman–Crippen MR) is 120 cm³/mol. The summed E-state index contributed by atoms with van der Waals surface area (Å²) >= 11 is 0. The van der Waals surface area contributed by atoms with E-state index < -0.39 is 43.7 Å². The van der Waals surface area contributed by atoms with Gasteiger partial charge in [0, 0.05) is 24.2 Å². The van der Waals surface area contributed by atoms with Gasteiger partial charge in [-0.05, 0) is 17.0 Å². The summed E-state index contributed by atoms with van der Waals surface area (Å²) in [6.07, 6.45) is -0.807. The monoisotopic (exact) mass is 557 g/mol. The van der Waals surface area contributed by atoms with E-state index in [2.05, 4.69) is 0 Å². The van der Waals surface area contributed by atoms with E-state index in [0.717, 1.165) is 53.4 Å². The molecule has 36 heavy (non-hydrogen) atoms. The average Bonchev–Trinajstić information content (AvgIpc) is 2.76. The molecular formula is C21H25F4NO8P2. The average molecular weight is 557 g/mol. The number of carbonyl (C=O) groups is 1. The van der Waals surface area contributed by atoms with Crippen LogP contribution in [0.2, 0.25) is 0 Å². The van der Waals surface area contributed by atoms with Gasteiger partial charge in [0.15, 0.2) is 0 Å². The zero-order valence-corrected chi connectivity index (χ0v) is 20.9. The molecule has 0 saturated heterocycles. The van der Waals surface area contributed by atoms with Crippen molar-refractivity contribution in [2.45, 2.75) is 38.3 Å². The fourth-order valence-electron chi connectivity index (χ4n) is 2.91. The third-order valence-electron chi connectivity index (χ3n) is 4.88. The Labute approximate surface area is 204 Å². The van der Waals surface area contributed by atoms with Gasteiger partial charge in [0.1, 0.15) is 0 Å². The van der Waals surface area contributed by atoms with Gasteiger partial charge in [-0.2, -0.15) is 17.6 Å². The lowest BCUT2D eigenvalue weighted by molar-refractivity contribution is 0.0563. The molecule has 0 unspecified atom stereocenters. The molecule has 0 aromatic heterocycles. The molecule has 15 heteroatoms. The minimum absolute atomic E-state index is 0.0147. The van der Waals surface area contributed by atoms with Crippen LogP contribution in [0, 0.1) is 5.92 Å². The highest BCUT2D eigenvalue weighted by Crippen LogP contribution is 2.60. The Morgan fingerprint density at radius 1 is 0.806 bits per heavy atom. The molecule has 0 aliphatic heterocycles. The van der Waals surface area contributed by atoms with Crippen LogP contribution in [0.25, 0.3) is 0 Å². The van der Waals surface area contributed by atoms with Crippen LogP contribution in [0.15, 0.2) is 48.5 Å². The van der Waals surface area contributed by atoms with Crippen LogP contribution in [0.4, 0.5) is 22.4 Å². The highest BCUT2D eigenvalue weighted by atomic mass is 31.2. The van der Waals surface area contributed by atoms with E-state index in [1.165, 1.54) is 0 Å². The molecule has 0 spiro atoms. The summed E-state index contributed by atoms with van der Waals surface area (Å²) in [5, 5.41) is 0. The second-order valence-electron chi connectivity index (χ2n) is 8.39. The molecule has 0 radical (unpaired) electrons. The van der Waals surface area contributed by atoms with E-state index >= 15 is 0 Å². The lowest BCUT2D eigenvalue weighted by Gasteiger charge is -2.24. The number of nitrogens with zero attached hydrogens (tertiary/aromatic N) is 1. The molecule has 0 atom stereocenters. The topological polar surface area (TPSA) is 145 Å². The second-order valence-corrected chi connectivity index (χ2v) is 11.7. The van der Waals surface area contributed by atoms with Gasteiger partial charge in [0.25, 0.3) is 0 Å². The Bertz CT molecular complexity index is 1070. The number of alkyl halides is 4. The number of rotatable bonds is 10. The fourth-order valence-corrected chi connectivity index (χ4v) is 3.88. The zero-order chi connectivity index (χ0) is 27.5. The smallest absolute Gasteiger partial charge is 0.410 e. The molecular weight excluding hydrogens is 532 g/mol. The maximum atomic E-state index is 13.9. The van der Waals surface area contributed by atoms with Gasteiger partial charge >= 0.3 is 32.6 Å². The molecule has 4 N–H and O–H groups in total. The van der Waals surface area contributed by atoms with Gasteiger partial charge in [-0.1, -0.05) is 62.4 Å². The van der Waals surface area contributed by atoms with Crippen molar-refractivity contribution in [2.75, 3.05) is 6.61 Å². The summed E-state index contributed by atoms with van der Waals surface area (Å²) in [7, 11) is -11.5. The molecule has 2 aromatic rings. The Balaban J connectivity index is 2.28. The van der Waals surface area contributed by atoms with Crippen molar-refractivity contribution in [3.63, 3.8) is 0 Å². The molecule has 2 rings (SSSR count). The van der Waals surface area contributed by atoms with E-state index in [-0.39, 0.29) is 25.6 Å². The Morgan fingerprint density at radius 3 is 1.42 bits per heavy atom. The Hall–Kier alpha value is -2.27. The highest BCUT2D eigenvalue weighted by molar-refractivity contribution is 7.52. The first-order chi connectivity index (χ1) is 16.4. The molecule has 2 aromatic carbocycles. The standard InChI is InChI=1S/C21H25F4NO8P2/c1-14(2)13-34-19(27)26(11-15-3-7-17(8-4-15)20(22,23)35(28,29)30)12-16-5-9-18(10-6-16)21(24,25)36(31,32)33/h3-10,14H,11-13H2,1-2H3,(H2,28,29,30)(H2,31,32,33). The van der Waals surface area contributed by atoms with Crippen LogP contribution < -0.4 is 0 Å². The summed E-state index contributed by atoms with van der Waals surface area (Å²) < 4.78 is 82.9. The lowest BCUT2D eigenvalue weighted by atomic mass is 10.1. The number of hydrogen-bond donors (Lipinski definition) is 4. The van der Waals surface area contributed by atoms with Crippen molar-refractivity contribution < 1.29 is 55.8 Å². The number of carbonyl (C=O) groups excluding carboxylic acids is 1. The van der Waals surface area contributed by atoms with E-state index in [9.17, 15) is 31.5 Å². The van der Waals surface area contributed by atoms with Crippen molar-refractivity contribution in [1.29, 1.82) is 0 Å². The van der Waals surface area contributed by atoms with E-state index in [1.54, 1.807) is 13.8 Å². The molecule has 1 amide bonds. The summed E-state index contributed by atoms with van der Waals surface area (Å²) in [6.45, 7) is 3.24. The predicted octanol–water partition coefficient (Wildman–Crippen LogP) is 4.94. The number of halogens is 4. The van der Waals surface area contributed by atoms with Crippen molar-refractivity contribution in [2.24, 2.45) is 5.92 Å². The van der Waals surface area contributed by atoms with Gasteiger partial charge in [-0.25, -0.2) is 4.79 Å². The van der Waals surface area contributed by atoms with Crippen LogP contribution in [-0.2, 0) is 38.3 Å². The quantitative estimate of drug-likeness (QED) is 0.238. The van der Waals surface area contributed by atoms with Crippen molar-refractivity contribution in [3.05, 3.63) is 70.8 Å². The van der Waals surface area contributed by atoms with E-state index in [1.807, 2.05) is 0 Å². The number of ether oxygens (including phenoxy) is 1.